The summed E-state index contributed by atoms with van der Waals surface area (Å²) < 4.78 is 11.0. The van der Waals surface area contributed by atoms with E-state index in [9.17, 15) is 0 Å². The number of benzene rings is 1. The number of aryl methyl sites for hydroxylation is 1. The molecule has 0 atom stereocenters. The van der Waals surface area contributed by atoms with E-state index >= 15 is 0 Å². The van der Waals surface area contributed by atoms with Crippen molar-refractivity contribution in [3.05, 3.63) is 59.9 Å². The second-order valence-electron chi connectivity index (χ2n) is 6.24. The highest BCUT2D eigenvalue weighted by Gasteiger charge is 2.14. The molecule has 0 aliphatic carbocycles. The summed E-state index contributed by atoms with van der Waals surface area (Å²) >= 11 is 0. The van der Waals surface area contributed by atoms with Crippen LogP contribution in [0.4, 0.5) is 5.82 Å². The third-order valence-electron chi connectivity index (χ3n) is 4.37. The molecule has 3 aromatic rings. The second-order valence-corrected chi connectivity index (χ2v) is 6.24. The molecule has 0 amide bonds. The number of methoxy groups -OCH3 is 1. The molecule has 0 fully saturated rings. The lowest BCUT2D eigenvalue weighted by atomic mass is 10.2. The van der Waals surface area contributed by atoms with Gasteiger partial charge in [0.05, 0.1) is 13.7 Å². The highest BCUT2D eigenvalue weighted by molar-refractivity contribution is 5.57. The third-order valence-corrected chi connectivity index (χ3v) is 4.37. The Hall–Kier alpha value is -3.15. The zero-order chi connectivity index (χ0) is 19.2. The van der Waals surface area contributed by atoms with Gasteiger partial charge < -0.3 is 14.4 Å². The van der Waals surface area contributed by atoms with E-state index in [4.69, 9.17) is 14.5 Å². The Kier molecular flexibility index (Phi) is 5.86. The third kappa shape index (κ3) is 4.53. The van der Waals surface area contributed by atoms with E-state index in [1.165, 1.54) is 0 Å². The first-order valence-corrected chi connectivity index (χ1v) is 8.83. The Bertz CT molecular complexity index is 883. The molecule has 27 heavy (non-hydrogen) atoms. The fraction of sp³-hybridized carbons (Fsp3) is 0.286. The van der Waals surface area contributed by atoms with Crippen LogP contribution >= 0.6 is 0 Å². The van der Waals surface area contributed by atoms with Crippen molar-refractivity contribution in [1.29, 1.82) is 0 Å². The van der Waals surface area contributed by atoms with Gasteiger partial charge in [-0.25, -0.2) is 9.97 Å². The van der Waals surface area contributed by atoms with Crippen molar-refractivity contribution < 1.29 is 9.47 Å². The molecule has 0 aliphatic heterocycles. The summed E-state index contributed by atoms with van der Waals surface area (Å²) in [4.78, 5) is 15.8. The van der Waals surface area contributed by atoms with Gasteiger partial charge in [0, 0.05) is 24.5 Å². The summed E-state index contributed by atoms with van der Waals surface area (Å²) in [5.74, 6) is 3.15. The molecule has 0 saturated carbocycles. The number of hydrogen-bond donors (Lipinski definition) is 0. The highest BCUT2D eigenvalue weighted by atomic mass is 16.5. The maximum absolute atomic E-state index is 5.83. The standard InChI is InChI=1S/C21H24N4O2/c1-15-16(2)23-20(19-7-5-6-12-22-19)24-21(15)25(3)13-14-27-18-10-8-17(26-4)9-11-18/h5-12H,13-14H2,1-4H3. The summed E-state index contributed by atoms with van der Waals surface area (Å²) in [6.07, 6.45) is 1.75. The molecule has 0 spiro atoms. The number of pyridine rings is 1. The molecule has 6 heteroatoms. The van der Waals surface area contributed by atoms with Crippen LogP contribution in [0.15, 0.2) is 48.7 Å². The van der Waals surface area contributed by atoms with Gasteiger partial charge in [0.1, 0.15) is 29.6 Å². The van der Waals surface area contributed by atoms with Gasteiger partial charge in [-0.05, 0) is 50.2 Å². The zero-order valence-corrected chi connectivity index (χ0v) is 16.1. The van der Waals surface area contributed by atoms with Crippen LogP contribution in [0.2, 0.25) is 0 Å². The molecular weight excluding hydrogens is 340 g/mol. The summed E-state index contributed by atoms with van der Waals surface area (Å²) in [6.45, 7) is 5.28. The number of ether oxygens (including phenoxy) is 2. The van der Waals surface area contributed by atoms with Gasteiger partial charge >= 0.3 is 0 Å². The predicted molar refractivity (Wildman–Crippen MR) is 106 cm³/mol. The fourth-order valence-electron chi connectivity index (χ4n) is 2.67. The lowest BCUT2D eigenvalue weighted by Crippen LogP contribution is -2.26. The van der Waals surface area contributed by atoms with E-state index in [1.807, 2.05) is 63.4 Å². The van der Waals surface area contributed by atoms with Crippen molar-refractivity contribution in [3.8, 4) is 23.0 Å². The number of aromatic nitrogens is 3. The lowest BCUT2D eigenvalue weighted by molar-refractivity contribution is 0.324. The summed E-state index contributed by atoms with van der Waals surface area (Å²) in [5.41, 5.74) is 2.77. The minimum Gasteiger partial charge on any atom is -0.497 e. The average Bonchev–Trinajstić information content (AvgIpc) is 2.71. The first-order chi connectivity index (χ1) is 13.1. The van der Waals surface area contributed by atoms with Gasteiger partial charge in [-0.15, -0.1) is 0 Å². The molecule has 0 bridgehead atoms. The number of likely N-dealkylation sites (N-methyl/N-ethyl adjacent to an activating group) is 1. The normalized spacial score (nSPS) is 10.5. The zero-order valence-electron chi connectivity index (χ0n) is 16.1. The summed E-state index contributed by atoms with van der Waals surface area (Å²) in [5, 5.41) is 0. The van der Waals surface area contributed by atoms with Crippen LogP contribution in [-0.4, -0.2) is 42.3 Å². The number of hydrogen-bond acceptors (Lipinski definition) is 6. The molecule has 3 rings (SSSR count). The minimum absolute atomic E-state index is 0.546. The molecular formula is C21H24N4O2. The van der Waals surface area contributed by atoms with Gasteiger partial charge in [0.15, 0.2) is 5.82 Å². The summed E-state index contributed by atoms with van der Waals surface area (Å²) in [6, 6.07) is 13.3. The second kappa shape index (κ2) is 8.49. The molecule has 0 N–H and O–H groups in total. The van der Waals surface area contributed by atoms with Crippen molar-refractivity contribution >= 4 is 5.82 Å². The number of rotatable bonds is 7. The topological polar surface area (TPSA) is 60.4 Å². The maximum Gasteiger partial charge on any atom is 0.180 e. The maximum atomic E-state index is 5.83. The smallest absolute Gasteiger partial charge is 0.180 e. The Morgan fingerprint density at radius 3 is 2.37 bits per heavy atom. The number of nitrogens with zero attached hydrogens (tertiary/aromatic N) is 4. The van der Waals surface area contributed by atoms with Crippen LogP contribution in [0.25, 0.3) is 11.5 Å². The Balaban J connectivity index is 1.70. The first-order valence-electron chi connectivity index (χ1n) is 8.83. The molecule has 6 nitrogen and oxygen atoms in total. The lowest BCUT2D eigenvalue weighted by Gasteiger charge is -2.21. The SMILES string of the molecule is COc1ccc(OCCN(C)c2nc(-c3ccccn3)nc(C)c2C)cc1. The van der Waals surface area contributed by atoms with Crippen molar-refractivity contribution in [2.24, 2.45) is 0 Å². The molecule has 0 unspecified atom stereocenters. The average molecular weight is 364 g/mol. The predicted octanol–water partition coefficient (Wildman–Crippen LogP) is 3.68. The minimum atomic E-state index is 0.546. The van der Waals surface area contributed by atoms with Crippen LogP contribution in [-0.2, 0) is 0 Å². The number of anilines is 1. The fourth-order valence-corrected chi connectivity index (χ4v) is 2.67. The molecule has 0 radical (unpaired) electrons. The molecule has 2 heterocycles. The summed E-state index contributed by atoms with van der Waals surface area (Å²) in [7, 11) is 3.66. The molecule has 2 aromatic heterocycles. The van der Waals surface area contributed by atoms with Crippen molar-refractivity contribution in [2.45, 2.75) is 13.8 Å². The van der Waals surface area contributed by atoms with Crippen LogP contribution in [0.5, 0.6) is 11.5 Å². The molecule has 140 valence electrons. The van der Waals surface area contributed by atoms with E-state index in [1.54, 1.807) is 13.3 Å². The Morgan fingerprint density at radius 1 is 0.963 bits per heavy atom. The van der Waals surface area contributed by atoms with E-state index in [2.05, 4.69) is 14.9 Å². The van der Waals surface area contributed by atoms with Gasteiger partial charge in [0.25, 0.3) is 0 Å². The van der Waals surface area contributed by atoms with Gasteiger partial charge in [-0.3, -0.25) is 4.98 Å². The van der Waals surface area contributed by atoms with Gasteiger partial charge in [-0.1, -0.05) is 6.07 Å². The van der Waals surface area contributed by atoms with Crippen LogP contribution in [0, 0.1) is 13.8 Å². The van der Waals surface area contributed by atoms with Crippen LogP contribution < -0.4 is 14.4 Å². The van der Waals surface area contributed by atoms with Crippen LogP contribution in [0.1, 0.15) is 11.3 Å². The van der Waals surface area contributed by atoms with Gasteiger partial charge in [0.2, 0.25) is 0 Å². The van der Waals surface area contributed by atoms with Crippen molar-refractivity contribution in [3.63, 3.8) is 0 Å². The van der Waals surface area contributed by atoms with Crippen molar-refractivity contribution in [1.82, 2.24) is 15.0 Å². The van der Waals surface area contributed by atoms with E-state index in [0.29, 0.717) is 19.0 Å². The molecule has 1 aromatic carbocycles. The van der Waals surface area contributed by atoms with E-state index < -0.39 is 0 Å². The highest BCUT2D eigenvalue weighted by Crippen LogP contribution is 2.23. The van der Waals surface area contributed by atoms with E-state index in [-0.39, 0.29) is 0 Å². The van der Waals surface area contributed by atoms with Crippen LogP contribution in [0.3, 0.4) is 0 Å². The van der Waals surface area contributed by atoms with E-state index in [0.717, 1.165) is 34.3 Å². The largest absolute Gasteiger partial charge is 0.497 e. The Labute approximate surface area is 159 Å². The Morgan fingerprint density at radius 2 is 1.70 bits per heavy atom. The first kappa shape index (κ1) is 18.6. The molecule has 0 aliphatic rings. The quantitative estimate of drug-likeness (QED) is 0.637. The van der Waals surface area contributed by atoms with Gasteiger partial charge in [-0.2, -0.15) is 0 Å². The molecule has 0 saturated heterocycles. The monoisotopic (exact) mass is 364 g/mol. The van der Waals surface area contributed by atoms with Crippen molar-refractivity contribution in [2.75, 3.05) is 32.2 Å².